The Kier molecular flexibility index (Phi) is 5.75. The molecule has 0 spiro atoms. The molecule has 146 valence electrons. The summed E-state index contributed by atoms with van der Waals surface area (Å²) in [6, 6.07) is 18.6. The van der Waals surface area contributed by atoms with E-state index in [0.717, 1.165) is 30.8 Å². The summed E-state index contributed by atoms with van der Waals surface area (Å²) >= 11 is 0. The normalized spacial score (nSPS) is 19.3. The molecule has 0 N–H and O–H groups in total. The fourth-order valence-corrected chi connectivity index (χ4v) is 4.39. The first kappa shape index (κ1) is 18.7. The lowest BCUT2D eigenvalue weighted by molar-refractivity contribution is -0.509. The van der Waals surface area contributed by atoms with Crippen LogP contribution in [0.2, 0.25) is 0 Å². The number of carbonyl (C=O) groups excluding carboxylic acids is 1. The van der Waals surface area contributed by atoms with Gasteiger partial charge in [0, 0.05) is 17.5 Å². The molecule has 1 atom stereocenters. The van der Waals surface area contributed by atoms with Crippen molar-refractivity contribution in [2.75, 3.05) is 26.2 Å². The van der Waals surface area contributed by atoms with Crippen LogP contribution in [0.25, 0.3) is 0 Å². The van der Waals surface area contributed by atoms with Gasteiger partial charge < -0.3 is 4.74 Å². The van der Waals surface area contributed by atoms with Crippen molar-refractivity contribution in [1.29, 1.82) is 0 Å². The Morgan fingerprint density at radius 3 is 2.61 bits per heavy atom. The Bertz CT molecular complexity index is 843. The first-order valence-corrected chi connectivity index (χ1v) is 10.4. The number of carbonyl (C=O) groups is 1. The number of benzene rings is 2. The average molecular weight is 378 g/mol. The van der Waals surface area contributed by atoms with Crippen LogP contribution in [-0.4, -0.2) is 47.3 Å². The van der Waals surface area contributed by atoms with Crippen molar-refractivity contribution in [2.45, 2.75) is 38.6 Å². The van der Waals surface area contributed by atoms with E-state index in [2.05, 4.69) is 39.8 Å². The molecule has 2 aromatic carbocycles. The van der Waals surface area contributed by atoms with Crippen molar-refractivity contribution in [1.82, 2.24) is 4.90 Å². The fourth-order valence-electron chi connectivity index (χ4n) is 4.39. The van der Waals surface area contributed by atoms with E-state index in [9.17, 15) is 4.79 Å². The maximum absolute atomic E-state index is 13.0. The van der Waals surface area contributed by atoms with Gasteiger partial charge in [0.1, 0.15) is 18.8 Å². The number of amidine groups is 1. The number of hydrogen-bond acceptors (Lipinski definition) is 3. The molecule has 0 saturated carbocycles. The van der Waals surface area contributed by atoms with Crippen LogP contribution in [0.4, 0.5) is 0 Å². The molecule has 0 aromatic heterocycles. The van der Waals surface area contributed by atoms with E-state index in [4.69, 9.17) is 4.74 Å². The third-order valence-electron chi connectivity index (χ3n) is 5.77. The predicted molar refractivity (Wildman–Crippen MR) is 111 cm³/mol. The zero-order chi connectivity index (χ0) is 19.3. The second kappa shape index (κ2) is 8.59. The van der Waals surface area contributed by atoms with Crippen molar-refractivity contribution in [3.63, 3.8) is 0 Å². The van der Waals surface area contributed by atoms with Gasteiger partial charge in [-0.15, -0.1) is 0 Å². The molecule has 2 heterocycles. The van der Waals surface area contributed by atoms with Crippen molar-refractivity contribution < 1.29 is 14.1 Å². The van der Waals surface area contributed by atoms with E-state index in [-0.39, 0.29) is 5.78 Å². The molecular weight excluding hydrogens is 348 g/mol. The van der Waals surface area contributed by atoms with Crippen LogP contribution in [0.15, 0.2) is 54.6 Å². The minimum atomic E-state index is 0.174. The molecule has 0 amide bonds. The molecule has 4 rings (SSSR count). The molecule has 2 aromatic rings. The fraction of sp³-hybridized carbons (Fsp3) is 0.417. The summed E-state index contributed by atoms with van der Waals surface area (Å²) < 4.78 is 7.81. The lowest BCUT2D eigenvalue weighted by atomic mass is 10.1. The standard InChI is InChI=1S/C24H29N2O2/c1-2-28-21-14-12-20(13-15-21)23(27)18-25-17-22(19-9-5-3-6-10-19)26-16-8-4-7-11-24(25)26/h3,5-6,9-10,12-15,22H,2,4,7-8,11,16-18H2,1H3/q+1/t22-/m1/s1. The van der Waals surface area contributed by atoms with Crippen LogP contribution in [0, 0.1) is 0 Å². The maximum atomic E-state index is 13.0. The number of ether oxygens (including phenoxy) is 1. The summed E-state index contributed by atoms with van der Waals surface area (Å²) in [6.45, 7) is 5.02. The molecule has 2 aliphatic heterocycles. The number of nitrogens with zero attached hydrogens (tertiary/aromatic N) is 2. The Morgan fingerprint density at radius 2 is 1.86 bits per heavy atom. The lowest BCUT2D eigenvalue weighted by Gasteiger charge is -2.19. The largest absolute Gasteiger partial charge is 0.494 e. The Labute approximate surface area is 167 Å². The zero-order valence-corrected chi connectivity index (χ0v) is 16.6. The van der Waals surface area contributed by atoms with Crippen LogP contribution in [0.5, 0.6) is 5.75 Å². The number of ketones is 1. The Hall–Kier alpha value is -2.62. The van der Waals surface area contributed by atoms with Crippen LogP contribution in [-0.2, 0) is 0 Å². The van der Waals surface area contributed by atoms with Gasteiger partial charge in [-0.3, -0.25) is 14.3 Å². The Balaban J connectivity index is 1.55. The summed E-state index contributed by atoms with van der Waals surface area (Å²) in [5, 5.41) is 0. The molecule has 28 heavy (non-hydrogen) atoms. The summed E-state index contributed by atoms with van der Waals surface area (Å²) in [4.78, 5) is 15.5. The van der Waals surface area contributed by atoms with Gasteiger partial charge in [0.2, 0.25) is 11.6 Å². The van der Waals surface area contributed by atoms with Crippen molar-refractivity contribution in [3.8, 4) is 5.75 Å². The van der Waals surface area contributed by atoms with Gasteiger partial charge in [-0.05, 0) is 50.5 Å². The van der Waals surface area contributed by atoms with E-state index < -0.39 is 0 Å². The van der Waals surface area contributed by atoms with Gasteiger partial charge in [0.05, 0.1) is 13.2 Å². The molecular formula is C24H29N2O2+. The molecule has 4 nitrogen and oxygen atoms in total. The highest BCUT2D eigenvalue weighted by Crippen LogP contribution is 2.30. The summed E-state index contributed by atoms with van der Waals surface area (Å²) in [5.41, 5.74) is 2.10. The summed E-state index contributed by atoms with van der Waals surface area (Å²) in [5.74, 6) is 2.34. The van der Waals surface area contributed by atoms with E-state index in [1.807, 2.05) is 31.2 Å². The average Bonchev–Trinajstić information content (AvgIpc) is 2.90. The molecule has 2 aliphatic rings. The highest BCUT2D eigenvalue weighted by molar-refractivity contribution is 5.97. The zero-order valence-electron chi connectivity index (χ0n) is 16.6. The first-order valence-electron chi connectivity index (χ1n) is 10.4. The highest BCUT2D eigenvalue weighted by Gasteiger charge is 2.41. The van der Waals surface area contributed by atoms with Crippen molar-refractivity contribution in [2.24, 2.45) is 0 Å². The highest BCUT2D eigenvalue weighted by atomic mass is 16.5. The quantitative estimate of drug-likeness (QED) is 0.555. The van der Waals surface area contributed by atoms with Crippen LogP contribution in [0.3, 0.4) is 0 Å². The van der Waals surface area contributed by atoms with Crippen LogP contribution >= 0.6 is 0 Å². The summed E-state index contributed by atoms with van der Waals surface area (Å²) in [6.07, 6.45) is 4.77. The smallest absolute Gasteiger partial charge is 0.248 e. The number of rotatable bonds is 6. The second-order valence-corrected chi connectivity index (χ2v) is 7.61. The third kappa shape index (κ3) is 3.96. The van der Waals surface area contributed by atoms with E-state index >= 15 is 0 Å². The van der Waals surface area contributed by atoms with Gasteiger partial charge in [0.25, 0.3) is 0 Å². The molecule has 0 bridgehead atoms. The molecule has 1 fully saturated rings. The topological polar surface area (TPSA) is 32.6 Å². The van der Waals surface area contributed by atoms with Gasteiger partial charge >= 0.3 is 0 Å². The van der Waals surface area contributed by atoms with Crippen LogP contribution < -0.4 is 4.74 Å². The number of hydrogen-bond donors (Lipinski definition) is 0. The van der Waals surface area contributed by atoms with Gasteiger partial charge in [-0.25, -0.2) is 0 Å². The SMILES string of the molecule is CCOc1ccc(C(=O)C[N+]2=C3CCCCCN3[C@@H](c3ccccc3)C2)cc1. The van der Waals surface area contributed by atoms with Crippen molar-refractivity contribution >= 4 is 11.6 Å². The minimum absolute atomic E-state index is 0.174. The molecule has 0 aliphatic carbocycles. The predicted octanol–water partition coefficient (Wildman–Crippen LogP) is 4.31. The molecule has 1 saturated heterocycles. The van der Waals surface area contributed by atoms with E-state index in [1.165, 1.54) is 30.7 Å². The first-order chi connectivity index (χ1) is 13.8. The lowest BCUT2D eigenvalue weighted by Crippen LogP contribution is -2.31. The van der Waals surface area contributed by atoms with Gasteiger partial charge in [-0.1, -0.05) is 30.3 Å². The van der Waals surface area contributed by atoms with E-state index in [0.29, 0.717) is 19.2 Å². The molecule has 0 radical (unpaired) electrons. The monoisotopic (exact) mass is 377 g/mol. The summed E-state index contributed by atoms with van der Waals surface area (Å²) in [7, 11) is 0. The second-order valence-electron chi connectivity index (χ2n) is 7.61. The molecule has 0 unspecified atom stereocenters. The Morgan fingerprint density at radius 1 is 1.07 bits per heavy atom. The van der Waals surface area contributed by atoms with Crippen LogP contribution in [0.1, 0.15) is 54.6 Å². The van der Waals surface area contributed by atoms with E-state index in [1.54, 1.807) is 0 Å². The minimum Gasteiger partial charge on any atom is -0.494 e. The number of fused-ring (bicyclic) bond motifs is 1. The number of Topliss-reactive ketones (excluding diaryl/α,β-unsaturated/α-hetero) is 1. The molecule has 4 heteroatoms. The third-order valence-corrected chi connectivity index (χ3v) is 5.77. The van der Waals surface area contributed by atoms with Gasteiger partial charge in [0.15, 0.2) is 6.04 Å². The van der Waals surface area contributed by atoms with Gasteiger partial charge in [-0.2, -0.15) is 0 Å². The van der Waals surface area contributed by atoms with Crippen molar-refractivity contribution in [3.05, 3.63) is 65.7 Å². The maximum Gasteiger partial charge on any atom is 0.248 e.